The van der Waals surface area contributed by atoms with Crippen LogP contribution in [0.1, 0.15) is 37.8 Å². The number of nitrogens with zero attached hydrogens (tertiary/aromatic N) is 1. The lowest BCUT2D eigenvalue weighted by atomic mass is 9.97. The Morgan fingerprint density at radius 3 is 3.09 bits per heavy atom. The third-order valence-corrected chi connectivity index (χ3v) is 5.01. The lowest BCUT2D eigenvalue weighted by molar-refractivity contribution is -0.127. The second kappa shape index (κ2) is 7.32. The van der Waals surface area contributed by atoms with E-state index < -0.39 is 0 Å². The maximum atomic E-state index is 12.7. The molecule has 1 saturated heterocycles. The van der Waals surface area contributed by atoms with Crippen molar-refractivity contribution in [2.75, 3.05) is 26.3 Å². The molecule has 2 aliphatic rings. The van der Waals surface area contributed by atoms with Crippen LogP contribution in [0.5, 0.6) is 5.75 Å². The molecule has 126 valence electrons. The number of rotatable bonds is 4. The second-order valence-electron chi connectivity index (χ2n) is 6.60. The summed E-state index contributed by atoms with van der Waals surface area (Å²) in [6.07, 6.45) is 2.90. The number of aliphatic hydroxyl groups is 1. The highest BCUT2D eigenvalue weighted by molar-refractivity contribution is 5.82. The number of para-hydroxylation sites is 1. The first-order chi connectivity index (χ1) is 11.2. The van der Waals surface area contributed by atoms with E-state index >= 15 is 0 Å². The van der Waals surface area contributed by atoms with Crippen LogP contribution in [0.3, 0.4) is 0 Å². The average molecular weight is 318 g/mol. The van der Waals surface area contributed by atoms with E-state index in [1.54, 1.807) is 0 Å². The Balaban J connectivity index is 1.63. The van der Waals surface area contributed by atoms with Crippen molar-refractivity contribution in [3.8, 4) is 5.75 Å². The van der Waals surface area contributed by atoms with E-state index in [1.165, 1.54) is 0 Å². The van der Waals surface area contributed by atoms with Crippen molar-refractivity contribution < 1.29 is 14.6 Å². The third kappa shape index (κ3) is 3.67. The third-order valence-electron chi connectivity index (χ3n) is 5.01. The number of likely N-dealkylation sites (tertiary alicyclic amines) is 1. The van der Waals surface area contributed by atoms with Crippen molar-refractivity contribution in [2.45, 2.75) is 38.3 Å². The number of hydrogen-bond acceptors (Lipinski definition) is 4. The number of benzene rings is 1. The molecular formula is C18H26N2O3. The van der Waals surface area contributed by atoms with Crippen molar-refractivity contribution in [3.05, 3.63) is 29.8 Å². The summed E-state index contributed by atoms with van der Waals surface area (Å²) in [5, 5.41) is 12.5. The number of aliphatic hydroxyl groups excluding tert-OH is 1. The molecule has 0 radical (unpaired) electrons. The van der Waals surface area contributed by atoms with Crippen LogP contribution in [0.2, 0.25) is 0 Å². The molecule has 1 aromatic rings. The summed E-state index contributed by atoms with van der Waals surface area (Å²) < 4.78 is 5.65. The topological polar surface area (TPSA) is 61.8 Å². The van der Waals surface area contributed by atoms with Crippen LogP contribution in [-0.4, -0.2) is 48.3 Å². The number of hydrogen-bond donors (Lipinski definition) is 2. The van der Waals surface area contributed by atoms with Crippen molar-refractivity contribution in [1.29, 1.82) is 0 Å². The van der Waals surface area contributed by atoms with Gasteiger partial charge in [0.25, 0.3) is 0 Å². The predicted octanol–water partition coefficient (Wildman–Crippen LogP) is 1.72. The van der Waals surface area contributed by atoms with Gasteiger partial charge in [-0.25, -0.2) is 0 Å². The van der Waals surface area contributed by atoms with Crippen LogP contribution in [0, 0.1) is 5.92 Å². The Labute approximate surface area is 137 Å². The molecule has 1 fully saturated rings. The summed E-state index contributed by atoms with van der Waals surface area (Å²) in [6.45, 7) is 4.52. The van der Waals surface area contributed by atoms with Gasteiger partial charge in [0.2, 0.25) is 5.91 Å². The molecule has 0 spiro atoms. The first-order valence-corrected chi connectivity index (χ1v) is 8.56. The zero-order chi connectivity index (χ0) is 16.2. The van der Waals surface area contributed by atoms with Gasteiger partial charge in [-0.3, -0.25) is 9.69 Å². The Hall–Kier alpha value is -1.59. The number of nitrogens with one attached hydrogen (secondary N) is 1. The molecule has 2 heterocycles. The molecule has 0 bridgehead atoms. The number of fused-ring (bicyclic) bond motifs is 1. The van der Waals surface area contributed by atoms with Gasteiger partial charge in [0.1, 0.15) is 5.75 Å². The molecule has 23 heavy (non-hydrogen) atoms. The Morgan fingerprint density at radius 2 is 2.26 bits per heavy atom. The summed E-state index contributed by atoms with van der Waals surface area (Å²) in [6, 6.07) is 7.76. The minimum Gasteiger partial charge on any atom is -0.493 e. The quantitative estimate of drug-likeness (QED) is 0.887. The number of piperidine rings is 1. The fourth-order valence-corrected chi connectivity index (χ4v) is 3.55. The van der Waals surface area contributed by atoms with E-state index in [0.717, 1.165) is 43.7 Å². The van der Waals surface area contributed by atoms with Gasteiger partial charge in [-0.1, -0.05) is 18.2 Å². The fourth-order valence-electron chi connectivity index (χ4n) is 3.55. The standard InChI is InChI=1S/C18H26N2O3/c1-13(20-9-4-5-14(11-20)12-21)18(22)19-16-8-10-23-17-7-3-2-6-15(16)17/h2-3,6-7,13-14,16,21H,4-5,8-12H2,1H3,(H,19,22). The lowest BCUT2D eigenvalue weighted by Gasteiger charge is -2.36. The molecule has 3 rings (SSSR count). The minimum absolute atomic E-state index is 0.0216. The molecule has 5 heteroatoms. The van der Waals surface area contributed by atoms with Gasteiger partial charge in [-0.2, -0.15) is 0 Å². The van der Waals surface area contributed by atoms with Crippen molar-refractivity contribution >= 4 is 5.91 Å². The molecule has 1 aromatic carbocycles. The molecular weight excluding hydrogens is 292 g/mol. The highest BCUT2D eigenvalue weighted by atomic mass is 16.5. The molecule has 3 atom stereocenters. The maximum Gasteiger partial charge on any atom is 0.237 e. The number of ether oxygens (including phenoxy) is 1. The van der Waals surface area contributed by atoms with Gasteiger partial charge in [0.05, 0.1) is 18.7 Å². The predicted molar refractivity (Wildman–Crippen MR) is 88.3 cm³/mol. The van der Waals surface area contributed by atoms with Crippen LogP contribution in [-0.2, 0) is 4.79 Å². The van der Waals surface area contributed by atoms with E-state index in [0.29, 0.717) is 12.5 Å². The fraction of sp³-hybridized carbons (Fsp3) is 0.611. The first-order valence-electron chi connectivity index (χ1n) is 8.56. The van der Waals surface area contributed by atoms with E-state index in [2.05, 4.69) is 10.2 Å². The molecule has 1 amide bonds. The molecule has 5 nitrogen and oxygen atoms in total. The smallest absolute Gasteiger partial charge is 0.237 e. The highest BCUT2D eigenvalue weighted by Gasteiger charge is 2.29. The average Bonchev–Trinajstić information content (AvgIpc) is 2.61. The van der Waals surface area contributed by atoms with Gasteiger partial charge in [-0.15, -0.1) is 0 Å². The van der Waals surface area contributed by atoms with Gasteiger partial charge in [-0.05, 0) is 38.3 Å². The number of carbonyl (C=O) groups excluding carboxylic acids is 1. The summed E-state index contributed by atoms with van der Waals surface area (Å²) >= 11 is 0. The van der Waals surface area contributed by atoms with E-state index in [9.17, 15) is 9.90 Å². The Morgan fingerprint density at radius 1 is 1.43 bits per heavy atom. The highest BCUT2D eigenvalue weighted by Crippen LogP contribution is 2.31. The summed E-state index contributed by atoms with van der Waals surface area (Å²) in [5.74, 6) is 1.23. The van der Waals surface area contributed by atoms with E-state index in [-0.39, 0.29) is 24.6 Å². The van der Waals surface area contributed by atoms with Gasteiger partial charge in [0.15, 0.2) is 0 Å². The molecule has 0 aliphatic carbocycles. The van der Waals surface area contributed by atoms with Crippen LogP contribution >= 0.6 is 0 Å². The summed E-state index contributed by atoms with van der Waals surface area (Å²) in [7, 11) is 0. The van der Waals surface area contributed by atoms with Crippen LogP contribution in [0.25, 0.3) is 0 Å². The zero-order valence-corrected chi connectivity index (χ0v) is 13.7. The van der Waals surface area contributed by atoms with Crippen molar-refractivity contribution in [3.63, 3.8) is 0 Å². The minimum atomic E-state index is -0.167. The van der Waals surface area contributed by atoms with E-state index in [4.69, 9.17) is 4.74 Å². The second-order valence-corrected chi connectivity index (χ2v) is 6.60. The number of carbonyl (C=O) groups is 1. The molecule has 2 aliphatic heterocycles. The lowest BCUT2D eigenvalue weighted by Crippen LogP contribution is -2.50. The van der Waals surface area contributed by atoms with Gasteiger partial charge >= 0.3 is 0 Å². The largest absolute Gasteiger partial charge is 0.493 e. The van der Waals surface area contributed by atoms with Crippen molar-refractivity contribution in [1.82, 2.24) is 10.2 Å². The molecule has 2 N–H and O–H groups in total. The normalized spacial score (nSPS) is 26.0. The van der Waals surface area contributed by atoms with E-state index in [1.807, 2.05) is 31.2 Å². The first kappa shape index (κ1) is 16.3. The van der Waals surface area contributed by atoms with Gasteiger partial charge in [0, 0.05) is 25.1 Å². The SMILES string of the molecule is CC(C(=O)NC1CCOc2ccccc21)N1CCCC(CO)C1. The molecule has 3 unspecified atom stereocenters. The molecule has 0 aromatic heterocycles. The van der Waals surface area contributed by atoms with Crippen LogP contribution in [0.15, 0.2) is 24.3 Å². The Bertz CT molecular complexity index is 549. The van der Waals surface area contributed by atoms with Crippen molar-refractivity contribution in [2.24, 2.45) is 5.92 Å². The zero-order valence-electron chi connectivity index (χ0n) is 13.7. The maximum absolute atomic E-state index is 12.7. The van der Waals surface area contributed by atoms with Crippen LogP contribution < -0.4 is 10.1 Å². The number of amides is 1. The Kier molecular flexibility index (Phi) is 5.18. The van der Waals surface area contributed by atoms with Crippen LogP contribution in [0.4, 0.5) is 0 Å². The summed E-state index contributed by atoms with van der Waals surface area (Å²) in [5.41, 5.74) is 1.06. The monoisotopic (exact) mass is 318 g/mol. The van der Waals surface area contributed by atoms with Gasteiger partial charge < -0.3 is 15.2 Å². The molecule has 0 saturated carbocycles. The summed E-state index contributed by atoms with van der Waals surface area (Å²) in [4.78, 5) is 14.8.